The molecule has 0 aliphatic heterocycles. The zero-order chi connectivity index (χ0) is 10.8. The summed E-state index contributed by atoms with van der Waals surface area (Å²) in [6, 6.07) is 6.31. The predicted molar refractivity (Wildman–Crippen MR) is 49.7 cm³/mol. The van der Waals surface area contributed by atoms with E-state index >= 15 is 0 Å². The van der Waals surface area contributed by atoms with Crippen LogP contribution in [0.4, 0.5) is 5.82 Å². The van der Waals surface area contributed by atoms with Gasteiger partial charge in [0.05, 0.1) is 5.10 Å². The highest BCUT2D eigenvalue weighted by Gasteiger charge is 2.15. The fourth-order valence-electron chi connectivity index (χ4n) is 1.09. The van der Waals surface area contributed by atoms with Gasteiger partial charge in [0.15, 0.2) is 11.9 Å². The number of phenolic OH excluding ortho intramolecular Hbond substituents is 1. The SMILES string of the molecule is O=[N+]([O-])c1cnn(-c2ccccc2O)n1. The van der Waals surface area contributed by atoms with Crippen molar-refractivity contribution in [2.45, 2.75) is 0 Å². The molecule has 2 aromatic rings. The number of rotatable bonds is 2. The molecule has 15 heavy (non-hydrogen) atoms. The van der Waals surface area contributed by atoms with Gasteiger partial charge >= 0.3 is 5.82 Å². The third-order valence-electron chi connectivity index (χ3n) is 1.76. The summed E-state index contributed by atoms with van der Waals surface area (Å²) in [5.74, 6) is -0.402. The molecule has 0 aliphatic rings. The van der Waals surface area contributed by atoms with E-state index in [0.29, 0.717) is 5.69 Å². The Morgan fingerprint density at radius 2 is 2.13 bits per heavy atom. The van der Waals surface area contributed by atoms with Crippen LogP contribution in [0.25, 0.3) is 5.69 Å². The Kier molecular flexibility index (Phi) is 2.05. The maximum absolute atomic E-state index is 10.4. The maximum atomic E-state index is 10.4. The molecule has 0 saturated carbocycles. The van der Waals surface area contributed by atoms with Gasteiger partial charge in [-0.3, -0.25) is 0 Å². The Morgan fingerprint density at radius 1 is 1.40 bits per heavy atom. The normalized spacial score (nSPS) is 10.1. The Hall–Kier alpha value is -2.44. The Bertz CT molecular complexity index is 508. The van der Waals surface area contributed by atoms with Crippen LogP contribution in [0, 0.1) is 10.1 Å². The first kappa shape index (κ1) is 9.13. The van der Waals surface area contributed by atoms with Crippen LogP contribution in [0.1, 0.15) is 0 Å². The summed E-state index contributed by atoms with van der Waals surface area (Å²) in [5.41, 5.74) is 0.297. The lowest BCUT2D eigenvalue weighted by Crippen LogP contribution is -1.99. The minimum absolute atomic E-state index is 0.0389. The molecule has 0 spiro atoms. The summed E-state index contributed by atoms with van der Waals surface area (Å²) < 4.78 is 0. The van der Waals surface area contributed by atoms with Crippen LogP contribution in [0.15, 0.2) is 30.5 Å². The summed E-state index contributed by atoms with van der Waals surface area (Å²) in [7, 11) is 0. The van der Waals surface area contributed by atoms with Crippen molar-refractivity contribution >= 4 is 5.82 Å². The van der Waals surface area contributed by atoms with Crippen molar-refractivity contribution in [1.82, 2.24) is 15.0 Å². The van der Waals surface area contributed by atoms with Gasteiger partial charge in [0, 0.05) is 0 Å². The van der Waals surface area contributed by atoms with Crippen molar-refractivity contribution in [1.29, 1.82) is 0 Å². The molecule has 1 heterocycles. The summed E-state index contributed by atoms with van der Waals surface area (Å²) in [5, 5.41) is 27.1. The van der Waals surface area contributed by atoms with Gasteiger partial charge in [-0.2, -0.15) is 0 Å². The summed E-state index contributed by atoms with van der Waals surface area (Å²) in [4.78, 5) is 10.7. The number of hydrogen-bond donors (Lipinski definition) is 1. The van der Waals surface area contributed by atoms with Gasteiger partial charge < -0.3 is 15.2 Å². The van der Waals surface area contributed by atoms with E-state index in [-0.39, 0.29) is 11.6 Å². The third kappa shape index (κ3) is 1.62. The number of para-hydroxylation sites is 2. The maximum Gasteiger partial charge on any atom is 0.410 e. The fraction of sp³-hybridized carbons (Fsp3) is 0. The summed E-state index contributed by atoms with van der Waals surface area (Å²) >= 11 is 0. The van der Waals surface area contributed by atoms with E-state index in [9.17, 15) is 15.2 Å². The van der Waals surface area contributed by atoms with Crippen molar-refractivity contribution in [3.63, 3.8) is 0 Å². The van der Waals surface area contributed by atoms with Crippen LogP contribution >= 0.6 is 0 Å². The number of nitrogens with zero attached hydrogens (tertiary/aromatic N) is 4. The second kappa shape index (κ2) is 3.37. The van der Waals surface area contributed by atoms with E-state index in [4.69, 9.17) is 0 Å². The molecule has 2 rings (SSSR count). The highest BCUT2D eigenvalue weighted by molar-refractivity contribution is 5.43. The van der Waals surface area contributed by atoms with Gasteiger partial charge in [0.1, 0.15) is 5.75 Å². The largest absolute Gasteiger partial charge is 0.506 e. The smallest absolute Gasteiger partial charge is 0.410 e. The van der Waals surface area contributed by atoms with E-state index in [1.807, 2.05) is 0 Å². The Labute approximate surface area is 83.7 Å². The fourth-order valence-corrected chi connectivity index (χ4v) is 1.09. The Morgan fingerprint density at radius 3 is 2.73 bits per heavy atom. The van der Waals surface area contributed by atoms with Crippen molar-refractivity contribution in [2.24, 2.45) is 0 Å². The number of aromatic hydroxyl groups is 1. The molecule has 1 aromatic heterocycles. The van der Waals surface area contributed by atoms with E-state index in [2.05, 4.69) is 10.2 Å². The zero-order valence-corrected chi connectivity index (χ0v) is 7.44. The van der Waals surface area contributed by atoms with Crippen LogP contribution in [-0.4, -0.2) is 25.0 Å². The number of hydrogen-bond acceptors (Lipinski definition) is 5. The lowest BCUT2D eigenvalue weighted by molar-refractivity contribution is -0.389. The molecule has 7 nitrogen and oxygen atoms in total. The van der Waals surface area contributed by atoms with Gasteiger partial charge in [-0.05, 0) is 17.1 Å². The van der Waals surface area contributed by atoms with Crippen molar-refractivity contribution in [2.75, 3.05) is 0 Å². The van der Waals surface area contributed by atoms with Gasteiger partial charge in [0.2, 0.25) is 0 Å². The van der Waals surface area contributed by atoms with E-state index < -0.39 is 4.92 Å². The molecule has 0 fully saturated rings. The van der Waals surface area contributed by atoms with E-state index in [1.54, 1.807) is 18.2 Å². The van der Waals surface area contributed by atoms with Crippen molar-refractivity contribution in [3.05, 3.63) is 40.6 Å². The van der Waals surface area contributed by atoms with Gasteiger partial charge in [-0.25, -0.2) is 0 Å². The molecular weight excluding hydrogens is 200 g/mol. The predicted octanol–water partition coefficient (Wildman–Crippen LogP) is 0.881. The molecule has 1 aromatic carbocycles. The van der Waals surface area contributed by atoms with Crippen LogP contribution in [0.3, 0.4) is 0 Å². The first-order valence-electron chi connectivity index (χ1n) is 4.03. The van der Waals surface area contributed by atoms with Crippen molar-refractivity contribution in [3.8, 4) is 11.4 Å². The van der Waals surface area contributed by atoms with Gasteiger partial charge in [-0.15, -0.1) is 5.10 Å². The molecule has 0 amide bonds. The topological polar surface area (TPSA) is 94.1 Å². The van der Waals surface area contributed by atoms with Crippen LogP contribution in [-0.2, 0) is 0 Å². The van der Waals surface area contributed by atoms with Crippen LogP contribution < -0.4 is 0 Å². The average Bonchev–Trinajstić information content (AvgIpc) is 2.67. The molecule has 0 saturated heterocycles. The lowest BCUT2D eigenvalue weighted by Gasteiger charge is -1.96. The molecule has 7 heteroatoms. The molecule has 76 valence electrons. The quantitative estimate of drug-likeness (QED) is 0.581. The van der Waals surface area contributed by atoms with E-state index in [1.165, 1.54) is 6.07 Å². The van der Waals surface area contributed by atoms with Crippen molar-refractivity contribution < 1.29 is 10.0 Å². The second-order valence-electron chi connectivity index (χ2n) is 2.74. The lowest BCUT2D eigenvalue weighted by atomic mass is 10.3. The first-order chi connectivity index (χ1) is 7.18. The van der Waals surface area contributed by atoms with Crippen LogP contribution in [0.2, 0.25) is 0 Å². The molecule has 0 aliphatic carbocycles. The van der Waals surface area contributed by atoms with E-state index in [0.717, 1.165) is 11.0 Å². The molecular formula is C8H6N4O3. The molecule has 0 bridgehead atoms. The molecule has 1 N–H and O–H groups in total. The third-order valence-corrected chi connectivity index (χ3v) is 1.76. The number of aromatic nitrogens is 3. The molecule has 0 unspecified atom stereocenters. The van der Waals surface area contributed by atoms with Gasteiger partial charge in [-0.1, -0.05) is 16.9 Å². The minimum atomic E-state index is -0.649. The second-order valence-corrected chi connectivity index (χ2v) is 2.74. The number of nitro groups is 1. The standard InChI is InChI=1S/C8H6N4O3/c13-7-4-2-1-3-6(7)11-9-5-8(10-11)12(14)15/h1-5,13H. The van der Waals surface area contributed by atoms with Gasteiger partial charge in [0.25, 0.3) is 0 Å². The zero-order valence-electron chi connectivity index (χ0n) is 7.44. The number of benzene rings is 1. The summed E-state index contributed by atoms with van der Waals surface area (Å²) in [6.45, 7) is 0. The highest BCUT2D eigenvalue weighted by Crippen LogP contribution is 2.19. The Balaban J connectivity index is 2.46. The van der Waals surface area contributed by atoms with Crippen LogP contribution in [0.5, 0.6) is 5.75 Å². The molecule has 0 radical (unpaired) electrons. The minimum Gasteiger partial charge on any atom is -0.506 e. The monoisotopic (exact) mass is 206 g/mol. The average molecular weight is 206 g/mol. The molecule has 0 atom stereocenters. The summed E-state index contributed by atoms with van der Waals surface area (Å²) in [6.07, 6.45) is 1.02. The highest BCUT2D eigenvalue weighted by atomic mass is 16.6. The number of phenols is 1. The first-order valence-corrected chi connectivity index (χ1v) is 4.03.